The van der Waals surface area contributed by atoms with Gasteiger partial charge in [0.05, 0.1) is 0 Å². The Kier molecular flexibility index (Phi) is 60.3. The Morgan fingerprint density at radius 3 is 0.803 bits per heavy atom. The first-order chi connectivity index (χ1) is 37.5. The zero-order chi connectivity index (χ0) is 55.0. The third-order valence-electron chi connectivity index (χ3n) is 13.5. The molecule has 0 rings (SSSR count). The van der Waals surface area contributed by atoms with Gasteiger partial charge in [0.25, 0.3) is 0 Å². The highest BCUT2D eigenvalue weighted by Crippen LogP contribution is 2.16. The minimum atomic E-state index is -0.800. The number of rotatable bonds is 57. The lowest BCUT2D eigenvalue weighted by Crippen LogP contribution is -2.30. The summed E-state index contributed by atoms with van der Waals surface area (Å²) >= 11 is 0. The van der Waals surface area contributed by atoms with Gasteiger partial charge in [-0.2, -0.15) is 0 Å². The van der Waals surface area contributed by atoms with E-state index in [9.17, 15) is 14.4 Å². The SMILES string of the molecule is CC/C=C\C/C=C\C/C=C\C/C=C\C/C=C\C/C=C\C/C=C\C/C=C\C/C=C\CCCC(=O)OCC(COC(=O)CCCCCCCCCCCCC)OC(=O)CCCCCCCCCCCCCCCCCCCC. The first kappa shape index (κ1) is 72.1. The molecule has 0 saturated heterocycles. The molecule has 0 fully saturated rings. The molecule has 6 heteroatoms. The highest BCUT2D eigenvalue weighted by atomic mass is 16.6. The van der Waals surface area contributed by atoms with Crippen LogP contribution >= 0.6 is 0 Å². The maximum Gasteiger partial charge on any atom is 0.306 e. The van der Waals surface area contributed by atoms with E-state index in [0.29, 0.717) is 19.3 Å². The fraction of sp³-hybridized carbons (Fsp3) is 0.700. The summed E-state index contributed by atoms with van der Waals surface area (Å²) in [6.45, 7) is 6.50. The summed E-state index contributed by atoms with van der Waals surface area (Å²) in [6.07, 6.45) is 86.7. The molecule has 0 bridgehead atoms. The maximum absolute atomic E-state index is 12.9. The van der Waals surface area contributed by atoms with Crippen molar-refractivity contribution in [3.63, 3.8) is 0 Å². The Morgan fingerprint density at radius 2 is 0.513 bits per heavy atom. The predicted octanol–water partition coefficient (Wildman–Crippen LogP) is 21.8. The first-order valence-corrected chi connectivity index (χ1v) is 31.9. The number of hydrogen-bond donors (Lipinski definition) is 0. The Balaban J connectivity index is 4.38. The molecule has 0 amide bonds. The quantitative estimate of drug-likeness (QED) is 0.0261. The fourth-order valence-electron chi connectivity index (χ4n) is 8.80. The van der Waals surface area contributed by atoms with Crippen molar-refractivity contribution in [2.45, 2.75) is 303 Å². The number of ether oxygens (including phenoxy) is 3. The summed E-state index contributed by atoms with van der Waals surface area (Å²) in [6, 6.07) is 0. The molecular weight excluding hydrogens is 937 g/mol. The van der Waals surface area contributed by atoms with Crippen molar-refractivity contribution in [1.29, 1.82) is 0 Å². The molecule has 0 saturated carbocycles. The Labute approximate surface area is 470 Å². The molecular formula is C70H118O6. The van der Waals surface area contributed by atoms with Crippen LogP contribution < -0.4 is 0 Å². The third-order valence-corrected chi connectivity index (χ3v) is 13.5. The van der Waals surface area contributed by atoms with Gasteiger partial charge in [-0.1, -0.05) is 304 Å². The number of esters is 3. The van der Waals surface area contributed by atoms with Gasteiger partial charge in [-0.15, -0.1) is 0 Å². The summed E-state index contributed by atoms with van der Waals surface area (Å²) in [4.78, 5) is 38.2. The monoisotopic (exact) mass is 1050 g/mol. The van der Waals surface area contributed by atoms with Crippen molar-refractivity contribution >= 4 is 17.9 Å². The summed E-state index contributed by atoms with van der Waals surface area (Å²) in [5, 5.41) is 0. The number of hydrogen-bond acceptors (Lipinski definition) is 6. The zero-order valence-corrected chi connectivity index (χ0v) is 49.7. The molecule has 0 aliphatic heterocycles. The van der Waals surface area contributed by atoms with Crippen molar-refractivity contribution in [3.05, 3.63) is 109 Å². The van der Waals surface area contributed by atoms with Crippen molar-refractivity contribution in [2.24, 2.45) is 0 Å². The van der Waals surface area contributed by atoms with Gasteiger partial charge in [0.1, 0.15) is 13.2 Å². The van der Waals surface area contributed by atoms with Crippen LogP contribution in [0.5, 0.6) is 0 Å². The Morgan fingerprint density at radius 1 is 0.276 bits per heavy atom. The van der Waals surface area contributed by atoms with Gasteiger partial charge in [-0.05, 0) is 83.5 Å². The normalized spacial score (nSPS) is 12.8. The van der Waals surface area contributed by atoms with Gasteiger partial charge < -0.3 is 14.2 Å². The van der Waals surface area contributed by atoms with Crippen molar-refractivity contribution < 1.29 is 28.6 Å². The molecule has 0 aromatic carbocycles. The van der Waals surface area contributed by atoms with E-state index >= 15 is 0 Å². The second kappa shape index (κ2) is 63.6. The van der Waals surface area contributed by atoms with Crippen molar-refractivity contribution in [2.75, 3.05) is 13.2 Å². The van der Waals surface area contributed by atoms with Crippen LogP contribution in [0.2, 0.25) is 0 Å². The Hall–Kier alpha value is -3.93. The smallest absolute Gasteiger partial charge is 0.306 e. The summed E-state index contributed by atoms with van der Waals surface area (Å²) in [5.41, 5.74) is 0. The van der Waals surface area contributed by atoms with Gasteiger partial charge in [0.15, 0.2) is 6.10 Å². The van der Waals surface area contributed by atoms with Crippen molar-refractivity contribution in [3.8, 4) is 0 Å². The number of carbonyl (C=O) groups excluding carboxylic acids is 3. The van der Waals surface area contributed by atoms with Crippen LogP contribution in [0.3, 0.4) is 0 Å². The van der Waals surface area contributed by atoms with E-state index in [-0.39, 0.29) is 37.5 Å². The number of unbranched alkanes of at least 4 members (excludes halogenated alkanes) is 28. The third kappa shape index (κ3) is 60.9. The van der Waals surface area contributed by atoms with E-state index in [1.165, 1.54) is 148 Å². The van der Waals surface area contributed by atoms with Crippen LogP contribution in [0.4, 0.5) is 0 Å². The highest BCUT2D eigenvalue weighted by Gasteiger charge is 2.19. The van der Waals surface area contributed by atoms with Crippen LogP contribution in [0.15, 0.2) is 109 Å². The molecule has 0 aromatic heterocycles. The van der Waals surface area contributed by atoms with E-state index in [4.69, 9.17) is 14.2 Å². The average molecular weight is 1060 g/mol. The second-order valence-electron chi connectivity index (χ2n) is 21.0. The lowest BCUT2D eigenvalue weighted by Gasteiger charge is -2.18. The highest BCUT2D eigenvalue weighted by molar-refractivity contribution is 5.71. The minimum absolute atomic E-state index is 0.0927. The molecule has 0 aliphatic carbocycles. The summed E-state index contributed by atoms with van der Waals surface area (Å²) < 4.78 is 16.8. The van der Waals surface area contributed by atoms with E-state index in [2.05, 4.69) is 130 Å². The molecule has 0 aliphatic rings. The first-order valence-electron chi connectivity index (χ1n) is 31.9. The molecule has 0 spiro atoms. The summed E-state index contributed by atoms with van der Waals surface area (Å²) in [5.74, 6) is -0.947. The zero-order valence-electron chi connectivity index (χ0n) is 49.7. The van der Waals surface area contributed by atoms with E-state index in [0.717, 1.165) is 103 Å². The molecule has 0 radical (unpaired) electrons. The maximum atomic E-state index is 12.9. The van der Waals surface area contributed by atoms with Crippen molar-refractivity contribution in [1.82, 2.24) is 0 Å². The Bertz CT molecular complexity index is 1540. The molecule has 434 valence electrons. The standard InChI is InChI=1S/C70H118O6/c1-4-7-10-13-16-19-22-24-26-28-30-31-32-33-34-35-36-37-38-39-40-42-43-45-48-51-54-57-60-63-69(72)75-66-67(65-74-68(71)62-59-56-53-50-47-21-18-15-12-9-6-3)76-70(73)64-61-58-55-52-49-46-44-41-29-27-25-23-20-17-14-11-8-5-2/h7,10,16,19,24,26,30-31,33-34,36-37,39-40,43,45,51,54,67H,4-6,8-9,11-15,17-18,20-23,25,27-29,32,35,38,41-42,44,46-50,52-53,55-66H2,1-3H3/b10-7-,19-16-,26-24-,31-30-,34-33-,37-36-,40-39-,45-43-,54-51-. The minimum Gasteiger partial charge on any atom is -0.462 e. The topological polar surface area (TPSA) is 78.9 Å². The molecule has 1 unspecified atom stereocenters. The van der Waals surface area contributed by atoms with E-state index < -0.39 is 6.10 Å². The molecule has 0 aromatic rings. The largest absolute Gasteiger partial charge is 0.462 e. The van der Waals surface area contributed by atoms with Crippen LogP contribution in [0.1, 0.15) is 297 Å². The molecule has 1 atom stereocenters. The molecule has 0 N–H and O–H groups in total. The van der Waals surface area contributed by atoms with Gasteiger partial charge in [-0.3, -0.25) is 14.4 Å². The second-order valence-corrected chi connectivity index (χ2v) is 21.0. The average Bonchev–Trinajstić information content (AvgIpc) is 3.42. The lowest BCUT2D eigenvalue weighted by molar-refractivity contribution is -0.167. The van der Waals surface area contributed by atoms with E-state index in [1.54, 1.807) is 0 Å². The molecule has 0 heterocycles. The van der Waals surface area contributed by atoms with E-state index in [1.807, 2.05) is 0 Å². The molecule has 76 heavy (non-hydrogen) atoms. The fourth-order valence-corrected chi connectivity index (χ4v) is 8.80. The number of allylic oxidation sites excluding steroid dienone is 18. The summed E-state index contributed by atoms with van der Waals surface area (Å²) in [7, 11) is 0. The lowest BCUT2D eigenvalue weighted by atomic mass is 10.0. The van der Waals surface area contributed by atoms with Crippen LogP contribution in [-0.2, 0) is 28.6 Å². The van der Waals surface area contributed by atoms with Gasteiger partial charge >= 0.3 is 17.9 Å². The van der Waals surface area contributed by atoms with Gasteiger partial charge in [-0.25, -0.2) is 0 Å². The molecule has 6 nitrogen and oxygen atoms in total. The van der Waals surface area contributed by atoms with Crippen LogP contribution in [0.25, 0.3) is 0 Å². The van der Waals surface area contributed by atoms with Crippen LogP contribution in [-0.4, -0.2) is 37.2 Å². The van der Waals surface area contributed by atoms with Gasteiger partial charge in [0.2, 0.25) is 0 Å². The predicted molar refractivity (Wildman–Crippen MR) is 330 cm³/mol. The van der Waals surface area contributed by atoms with Crippen LogP contribution in [0, 0.1) is 0 Å². The number of carbonyl (C=O) groups is 3. The van der Waals surface area contributed by atoms with Gasteiger partial charge in [0, 0.05) is 19.3 Å².